The Morgan fingerprint density at radius 1 is 0.513 bits per heavy atom. The van der Waals surface area contributed by atoms with Gasteiger partial charge in [-0.05, 0) is 58.1 Å². The van der Waals surface area contributed by atoms with Crippen LogP contribution in [-0.4, -0.2) is 109 Å². The molecule has 78 heavy (non-hydrogen) atoms. The Kier molecular flexibility index (Phi) is 18.6. The lowest BCUT2D eigenvalue weighted by Crippen LogP contribution is -2.68. The molecule has 0 radical (unpaired) electrons. The van der Waals surface area contributed by atoms with Crippen molar-refractivity contribution in [3.8, 4) is 0 Å². The Balaban J connectivity index is 1.06. The third-order valence-corrected chi connectivity index (χ3v) is 15.0. The van der Waals surface area contributed by atoms with E-state index in [9.17, 15) is 19.5 Å². The van der Waals surface area contributed by atoms with Gasteiger partial charge in [-0.25, -0.2) is 4.79 Å². The average molecular weight is 1070 g/mol. The van der Waals surface area contributed by atoms with Gasteiger partial charge in [0.2, 0.25) is 0 Å². The minimum Gasteiger partial charge on any atom is -0.465 e. The molecular weight excluding hydrogens is 1010 g/mol. The van der Waals surface area contributed by atoms with E-state index in [0.717, 1.165) is 32.0 Å². The maximum absolute atomic E-state index is 14.5. The van der Waals surface area contributed by atoms with Gasteiger partial charge in [0.25, 0.3) is 11.8 Å². The van der Waals surface area contributed by atoms with Crippen molar-refractivity contribution in [1.29, 1.82) is 0 Å². The maximum Gasteiger partial charge on any atom is 0.338 e. The van der Waals surface area contributed by atoms with Crippen molar-refractivity contribution in [2.24, 2.45) is 0 Å². The van der Waals surface area contributed by atoms with Crippen molar-refractivity contribution in [2.75, 3.05) is 20.3 Å². The van der Waals surface area contributed by atoms with Crippen LogP contribution in [0.4, 0.5) is 0 Å². The van der Waals surface area contributed by atoms with Crippen LogP contribution in [0.1, 0.15) is 58.9 Å². The Morgan fingerprint density at radius 2 is 0.962 bits per heavy atom. The Hall–Kier alpha value is -6.86. The van der Waals surface area contributed by atoms with Crippen LogP contribution in [0.15, 0.2) is 205 Å². The minimum absolute atomic E-state index is 0.00189. The third kappa shape index (κ3) is 13.2. The second-order valence-corrected chi connectivity index (χ2v) is 20.2. The fraction of sp³-hybridized carbons (Fsp3) is 0.286. The molecule has 0 aromatic heterocycles. The van der Waals surface area contributed by atoms with Crippen LogP contribution in [0.3, 0.4) is 0 Å². The summed E-state index contributed by atoms with van der Waals surface area (Å²) in [5.74, 6) is -1.72. The van der Waals surface area contributed by atoms with E-state index in [1.54, 1.807) is 48.5 Å². The van der Waals surface area contributed by atoms with Gasteiger partial charge in [0.15, 0.2) is 6.29 Å². The highest BCUT2D eigenvalue weighted by molar-refractivity contribution is 7.99. The normalized spacial score (nSPS) is 23.9. The van der Waals surface area contributed by atoms with Crippen LogP contribution >= 0.6 is 11.8 Å². The second-order valence-electron chi connectivity index (χ2n) is 19.1. The number of carbonyl (C=O) groups excluding carboxylic acids is 3. The number of amides is 2. The summed E-state index contributed by atoms with van der Waals surface area (Å²) in [5.41, 5.74) is 3.81. The molecule has 2 fully saturated rings. The molecule has 2 amide bonds. The predicted octanol–water partition coefficient (Wildman–Crippen LogP) is 9.62. The summed E-state index contributed by atoms with van der Waals surface area (Å²) < 4.78 is 60.4. The number of aliphatic hydroxyl groups excluding tert-OH is 1. The van der Waals surface area contributed by atoms with Crippen molar-refractivity contribution < 1.29 is 62.1 Å². The number of esters is 1. The number of imide groups is 1. The van der Waals surface area contributed by atoms with Gasteiger partial charge in [0.05, 0.1) is 70.0 Å². The summed E-state index contributed by atoms with van der Waals surface area (Å²) in [6.45, 7) is 0.480. The van der Waals surface area contributed by atoms with E-state index >= 15 is 0 Å². The third-order valence-electron chi connectivity index (χ3n) is 13.9. The van der Waals surface area contributed by atoms with Gasteiger partial charge in [-0.2, -0.15) is 0 Å². The van der Waals surface area contributed by atoms with Gasteiger partial charge in [0.1, 0.15) is 54.2 Å². The van der Waals surface area contributed by atoms with Crippen LogP contribution in [0, 0.1) is 0 Å². The zero-order valence-corrected chi connectivity index (χ0v) is 43.8. The first-order valence-corrected chi connectivity index (χ1v) is 26.9. The Bertz CT molecular complexity index is 3000. The number of rotatable bonds is 23. The second kappa shape index (κ2) is 26.7. The number of methoxy groups -OCH3 is 1. The summed E-state index contributed by atoms with van der Waals surface area (Å²) in [6, 6.07) is 60.5. The van der Waals surface area contributed by atoms with E-state index in [2.05, 4.69) is 0 Å². The SMILES string of the molecule is COC(=O)c1ccccc1CO[C@H]1[C@@H](O[C@H]2[C@H](O)[C@@H](N3C(=O)c4ccccc4C3=O)[C@H](Sc3ccccc3)O[C@@H]2COCc2ccccc2)O[C@H](COCc2ccccc2)[C@@H](OCc2ccccc2)[C@@H]1OCc1ccccc1. The zero-order chi connectivity index (χ0) is 53.6. The highest BCUT2D eigenvalue weighted by Gasteiger charge is 2.57. The van der Waals surface area contributed by atoms with E-state index in [4.69, 9.17) is 42.6 Å². The molecule has 402 valence electrons. The van der Waals surface area contributed by atoms with Crippen LogP contribution in [0.5, 0.6) is 0 Å². The topological polar surface area (TPSA) is 158 Å². The first-order chi connectivity index (χ1) is 38.3. The van der Waals surface area contributed by atoms with Crippen molar-refractivity contribution >= 4 is 29.5 Å². The highest BCUT2D eigenvalue weighted by Crippen LogP contribution is 2.42. The van der Waals surface area contributed by atoms with Crippen LogP contribution in [-0.2, 0) is 75.7 Å². The summed E-state index contributed by atoms with van der Waals surface area (Å²) in [6.07, 6.45) is -9.33. The molecule has 7 aromatic rings. The number of hydrogen-bond acceptors (Lipinski definition) is 14. The molecule has 14 nitrogen and oxygen atoms in total. The zero-order valence-electron chi connectivity index (χ0n) is 43.0. The van der Waals surface area contributed by atoms with Gasteiger partial charge in [-0.1, -0.05) is 182 Å². The van der Waals surface area contributed by atoms with Crippen molar-refractivity contribution in [3.63, 3.8) is 0 Å². The van der Waals surface area contributed by atoms with E-state index in [1.807, 2.05) is 152 Å². The first kappa shape index (κ1) is 54.5. The fourth-order valence-corrected chi connectivity index (χ4v) is 11.1. The van der Waals surface area contributed by atoms with Crippen LogP contribution in [0.2, 0.25) is 0 Å². The molecule has 2 saturated heterocycles. The van der Waals surface area contributed by atoms with Crippen molar-refractivity contribution in [3.05, 3.63) is 245 Å². The van der Waals surface area contributed by atoms with E-state index in [0.29, 0.717) is 5.56 Å². The number of nitrogens with zero attached hydrogens (tertiary/aromatic N) is 1. The molecule has 10 atom stereocenters. The number of ether oxygens (including phenoxy) is 9. The van der Waals surface area contributed by atoms with Gasteiger partial charge < -0.3 is 47.7 Å². The molecule has 15 heteroatoms. The molecule has 0 bridgehead atoms. The van der Waals surface area contributed by atoms with E-state index in [-0.39, 0.29) is 62.9 Å². The van der Waals surface area contributed by atoms with Crippen LogP contribution in [0.25, 0.3) is 0 Å². The minimum atomic E-state index is -1.61. The first-order valence-electron chi connectivity index (χ1n) is 26.0. The number of aliphatic hydroxyl groups is 1. The number of carbonyl (C=O) groups is 3. The molecule has 3 aliphatic heterocycles. The quantitative estimate of drug-likeness (QED) is 0.0477. The molecule has 0 spiro atoms. The van der Waals surface area contributed by atoms with Crippen molar-refractivity contribution in [2.45, 2.75) is 98.4 Å². The molecule has 0 unspecified atom stereocenters. The largest absolute Gasteiger partial charge is 0.465 e. The molecular formula is C63H61NO13S. The molecule has 0 saturated carbocycles. The van der Waals surface area contributed by atoms with Crippen molar-refractivity contribution in [1.82, 2.24) is 4.90 Å². The Labute approximate surface area is 458 Å². The van der Waals surface area contributed by atoms with Gasteiger partial charge in [0, 0.05) is 4.90 Å². The number of thioether (sulfide) groups is 1. The molecule has 3 heterocycles. The highest BCUT2D eigenvalue weighted by atomic mass is 32.2. The standard InChI is InChI=1S/C63H61NO13S/c1-69-61(68)48-32-18-17-29-46(48)39-74-58-57(73-38-45-27-13-5-14-28-45)56(72-37-44-25-11-4-12-26-44)52(41-71-36-43-23-9-3-10-24-43)75-62(58)77-55-51(40-70-35-42-21-7-2-8-22-42)76-63(78-47-30-15-6-16-31-47)53(54(55)65)64-59(66)49-33-19-20-34-50(49)60(64)67/h2-34,51-58,62-63,65H,35-41H2,1H3/t51-,52-,53-,54-,55-,56-,57+,58-,62-,63+/m1/s1. The van der Waals surface area contributed by atoms with E-state index in [1.165, 1.54) is 18.9 Å². The van der Waals surface area contributed by atoms with Gasteiger partial charge in [-0.3, -0.25) is 14.5 Å². The number of hydrogen-bond donors (Lipinski definition) is 1. The number of benzene rings is 7. The summed E-state index contributed by atoms with van der Waals surface area (Å²) in [5, 5.41) is 13.3. The van der Waals surface area contributed by atoms with Gasteiger partial charge in [-0.15, -0.1) is 0 Å². The molecule has 10 rings (SSSR count). The summed E-state index contributed by atoms with van der Waals surface area (Å²) in [7, 11) is 1.32. The van der Waals surface area contributed by atoms with Gasteiger partial charge >= 0.3 is 5.97 Å². The summed E-state index contributed by atoms with van der Waals surface area (Å²) >= 11 is 1.27. The molecule has 3 aliphatic rings. The number of fused-ring (bicyclic) bond motifs is 1. The predicted molar refractivity (Wildman–Crippen MR) is 290 cm³/mol. The lowest BCUT2D eigenvalue weighted by molar-refractivity contribution is -0.353. The average Bonchev–Trinajstić information content (AvgIpc) is 3.88. The van der Waals surface area contributed by atoms with E-state index < -0.39 is 78.3 Å². The molecule has 7 aromatic carbocycles. The lowest BCUT2D eigenvalue weighted by atomic mass is 9.95. The smallest absolute Gasteiger partial charge is 0.338 e. The molecule has 0 aliphatic carbocycles. The maximum atomic E-state index is 14.5. The Morgan fingerprint density at radius 3 is 1.50 bits per heavy atom. The molecule has 1 N–H and O–H groups in total. The fourth-order valence-electron chi connectivity index (χ4n) is 9.94. The monoisotopic (exact) mass is 1070 g/mol. The van der Waals surface area contributed by atoms with Crippen LogP contribution < -0.4 is 0 Å². The summed E-state index contributed by atoms with van der Waals surface area (Å²) in [4.78, 5) is 44.2. The lowest BCUT2D eigenvalue weighted by Gasteiger charge is -2.50.